The average Bonchev–Trinajstić information content (AvgIpc) is 3.65. The van der Waals surface area contributed by atoms with Crippen LogP contribution in [-0.4, -0.2) is 9.13 Å². The first-order valence-electron chi connectivity index (χ1n) is 15.5. The van der Waals surface area contributed by atoms with E-state index < -0.39 is 0 Å². The number of nitrogens with zero attached hydrogens (tertiary/aromatic N) is 3. The van der Waals surface area contributed by atoms with E-state index in [2.05, 4.69) is 155 Å². The molecule has 214 valence electrons. The average molecular weight is 586 g/mol. The van der Waals surface area contributed by atoms with Crippen LogP contribution >= 0.6 is 0 Å². The first kappa shape index (κ1) is 26.1. The van der Waals surface area contributed by atoms with Gasteiger partial charge in [-0.05, 0) is 77.4 Å². The second kappa shape index (κ2) is 10.4. The monoisotopic (exact) mass is 585 g/mol. The highest BCUT2D eigenvalue weighted by Crippen LogP contribution is 2.41. The molecule has 0 spiro atoms. The molecule has 0 saturated carbocycles. The summed E-state index contributed by atoms with van der Waals surface area (Å²) in [6.45, 7) is 0. The van der Waals surface area contributed by atoms with Gasteiger partial charge in [0, 0.05) is 38.5 Å². The van der Waals surface area contributed by atoms with Crippen LogP contribution < -0.4 is 0 Å². The van der Waals surface area contributed by atoms with Crippen molar-refractivity contribution >= 4 is 43.6 Å². The van der Waals surface area contributed by atoms with Gasteiger partial charge < -0.3 is 9.13 Å². The van der Waals surface area contributed by atoms with Crippen molar-refractivity contribution in [3.8, 4) is 39.7 Å². The van der Waals surface area contributed by atoms with Crippen molar-refractivity contribution in [2.45, 2.75) is 0 Å². The van der Waals surface area contributed by atoms with Crippen molar-refractivity contribution < 1.29 is 0 Å². The van der Waals surface area contributed by atoms with E-state index in [1.165, 1.54) is 43.7 Å². The summed E-state index contributed by atoms with van der Waals surface area (Å²) in [6, 6.07) is 60.1. The maximum Gasteiger partial charge on any atom is 0.0998 e. The number of nitriles is 1. The molecule has 3 heteroatoms. The molecule has 7 aromatic carbocycles. The molecule has 0 aliphatic heterocycles. The van der Waals surface area contributed by atoms with Gasteiger partial charge in [0.2, 0.25) is 0 Å². The van der Waals surface area contributed by atoms with E-state index in [4.69, 9.17) is 0 Å². The van der Waals surface area contributed by atoms with Crippen molar-refractivity contribution in [3.63, 3.8) is 0 Å². The van der Waals surface area contributed by atoms with Crippen molar-refractivity contribution in [1.82, 2.24) is 9.13 Å². The van der Waals surface area contributed by atoms with Crippen molar-refractivity contribution in [1.29, 1.82) is 5.26 Å². The molecule has 0 unspecified atom stereocenters. The van der Waals surface area contributed by atoms with Crippen LogP contribution in [0.1, 0.15) is 5.56 Å². The maximum absolute atomic E-state index is 9.96. The molecule has 0 saturated heterocycles. The summed E-state index contributed by atoms with van der Waals surface area (Å²) >= 11 is 0. The Kier molecular flexibility index (Phi) is 5.88. The third kappa shape index (κ3) is 3.91. The fraction of sp³-hybridized carbons (Fsp3) is 0. The second-order valence-electron chi connectivity index (χ2n) is 11.7. The lowest BCUT2D eigenvalue weighted by atomic mass is 9.98. The second-order valence-corrected chi connectivity index (χ2v) is 11.7. The summed E-state index contributed by atoms with van der Waals surface area (Å²) < 4.78 is 4.69. The number of fused-ring (bicyclic) bond motifs is 6. The highest BCUT2D eigenvalue weighted by atomic mass is 15.0. The summed E-state index contributed by atoms with van der Waals surface area (Å²) in [4.78, 5) is 0. The van der Waals surface area contributed by atoms with Gasteiger partial charge in [0.15, 0.2) is 0 Å². The van der Waals surface area contributed by atoms with Gasteiger partial charge in [0.05, 0.1) is 33.7 Å². The molecular formula is C43H27N3. The topological polar surface area (TPSA) is 33.6 Å². The summed E-state index contributed by atoms with van der Waals surface area (Å²) in [5.74, 6) is 0. The minimum atomic E-state index is 0.666. The Labute approximate surface area is 266 Å². The Balaban J connectivity index is 1.30. The first-order chi connectivity index (χ1) is 22.8. The quantitative estimate of drug-likeness (QED) is 0.202. The fourth-order valence-electron chi connectivity index (χ4n) is 7.16. The molecule has 2 aromatic heterocycles. The summed E-state index contributed by atoms with van der Waals surface area (Å²) in [6.07, 6.45) is 0. The van der Waals surface area contributed by atoms with Gasteiger partial charge in [0.1, 0.15) is 0 Å². The number of hydrogen-bond donors (Lipinski definition) is 0. The van der Waals surface area contributed by atoms with Crippen LogP contribution in [0.2, 0.25) is 0 Å². The molecule has 0 N–H and O–H groups in total. The summed E-state index contributed by atoms with van der Waals surface area (Å²) in [7, 11) is 0. The standard InChI is InChI=1S/C43H27N3/c44-28-31-22-24-33(27-37(31)29-12-3-1-4-13-29)46-40-20-10-8-17-36(40)43-34(18-11-21-42(43)46)30-23-25-41-38(26-30)35-16-7-9-19-39(35)45(41)32-14-5-2-6-15-32/h1-27H. The van der Waals surface area contributed by atoms with Gasteiger partial charge in [-0.15, -0.1) is 0 Å². The van der Waals surface area contributed by atoms with Crippen LogP contribution in [0.4, 0.5) is 0 Å². The van der Waals surface area contributed by atoms with Crippen LogP contribution in [0.3, 0.4) is 0 Å². The SMILES string of the molecule is N#Cc1ccc(-n2c3ccccc3c3c(-c4ccc5c(c4)c4ccccc4n5-c4ccccc4)cccc32)cc1-c1ccccc1. The van der Waals surface area contributed by atoms with Gasteiger partial charge in [-0.25, -0.2) is 0 Å². The van der Waals surface area contributed by atoms with Gasteiger partial charge in [-0.1, -0.05) is 103 Å². The Morgan fingerprint density at radius 2 is 1.02 bits per heavy atom. The third-order valence-corrected chi connectivity index (χ3v) is 9.16. The van der Waals surface area contributed by atoms with Crippen LogP contribution in [0.25, 0.3) is 77.2 Å². The Hall–Kier alpha value is -6.37. The van der Waals surface area contributed by atoms with Crippen LogP contribution in [0, 0.1) is 11.3 Å². The highest BCUT2D eigenvalue weighted by Gasteiger charge is 2.19. The Morgan fingerprint density at radius 3 is 1.80 bits per heavy atom. The van der Waals surface area contributed by atoms with E-state index >= 15 is 0 Å². The predicted molar refractivity (Wildman–Crippen MR) is 191 cm³/mol. The van der Waals surface area contributed by atoms with Crippen LogP contribution in [0.5, 0.6) is 0 Å². The van der Waals surface area contributed by atoms with E-state index in [0.717, 1.165) is 33.5 Å². The minimum Gasteiger partial charge on any atom is -0.309 e. The largest absolute Gasteiger partial charge is 0.309 e. The zero-order chi connectivity index (χ0) is 30.6. The number of para-hydroxylation sites is 3. The van der Waals surface area contributed by atoms with Crippen LogP contribution in [0.15, 0.2) is 164 Å². The van der Waals surface area contributed by atoms with E-state index in [-0.39, 0.29) is 0 Å². The third-order valence-electron chi connectivity index (χ3n) is 9.16. The first-order valence-corrected chi connectivity index (χ1v) is 15.5. The van der Waals surface area contributed by atoms with Crippen molar-refractivity contribution in [2.75, 3.05) is 0 Å². The number of rotatable bonds is 4. The molecule has 0 fully saturated rings. The molecule has 0 atom stereocenters. The molecule has 0 radical (unpaired) electrons. The van der Waals surface area contributed by atoms with Gasteiger partial charge in [-0.2, -0.15) is 5.26 Å². The van der Waals surface area contributed by atoms with Crippen molar-refractivity contribution in [2.24, 2.45) is 0 Å². The fourth-order valence-corrected chi connectivity index (χ4v) is 7.16. The van der Waals surface area contributed by atoms with E-state index in [1.54, 1.807) is 0 Å². The number of aromatic nitrogens is 2. The van der Waals surface area contributed by atoms with Gasteiger partial charge >= 0.3 is 0 Å². The number of benzene rings is 7. The molecule has 0 aliphatic carbocycles. The minimum absolute atomic E-state index is 0.666. The molecule has 9 rings (SSSR count). The molecule has 2 heterocycles. The predicted octanol–water partition coefficient (Wildman–Crippen LogP) is 11.1. The molecule has 0 bridgehead atoms. The molecule has 3 nitrogen and oxygen atoms in total. The van der Waals surface area contributed by atoms with Gasteiger partial charge in [0.25, 0.3) is 0 Å². The lowest BCUT2D eigenvalue weighted by molar-refractivity contribution is 1.18. The molecule has 0 amide bonds. The normalized spacial score (nSPS) is 11.5. The summed E-state index contributed by atoms with van der Waals surface area (Å²) in [5.41, 5.74) is 11.9. The number of hydrogen-bond acceptors (Lipinski definition) is 1. The zero-order valence-electron chi connectivity index (χ0n) is 24.9. The Bertz CT molecular complexity index is 2630. The molecular weight excluding hydrogens is 558 g/mol. The molecule has 9 aromatic rings. The Morgan fingerprint density at radius 1 is 0.391 bits per heavy atom. The van der Waals surface area contributed by atoms with E-state index in [0.29, 0.717) is 5.56 Å². The summed E-state index contributed by atoms with van der Waals surface area (Å²) in [5, 5.41) is 14.8. The molecule has 0 aliphatic rings. The van der Waals surface area contributed by atoms with E-state index in [9.17, 15) is 5.26 Å². The lowest BCUT2D eigenvalue weighted by Gasteiger charge is -2.12. The van der Waals surface area contributed by atoms with Gasteiger partial charge in [-0.3, -0.25) is 0 Å². The van der Waals surface area contributed by atoms with Crippen molar-refractivity contribution in [3.05, 3.63) is 169 Å². The smallest absolute Gasteiger partial charge is 0.0998 e. The van der Waals surface area contributed by atoms with Crippen LogP contribution in [-0.2, 0) is 0 Å². The molecule has 46 heavy (non-hydrogen) atoms. The lowest BCUT2D eigenvalue weighted by Crippen LogP contribution is -1.96. The van der Waals surface area contributed by atoms with E-state index in [1.807, 2.05) is 24.3 Å². The highest BCUT2D eigenvalue weighted by molar-refractivity contribution is 6.17. The maximum atomic E-state index is 9.96. The zero-order valence-corrected chi connectivity index (χ0v) is 24.9.